The quantitative estimate of drug-likeness (QED) is 0.754. The van der Waals surface area contributed by atoms with E-state index in [1.807, 2.05) is 37.3 Å². The van der Waals surface area contributed by atoms with Crippen molar-refractivity contribution in [2.75, 3.05) is 13.1 Å². The van der Waals surface area contributed by atoms with Gasteiger partial charge in [0, 0.05) is 18.7 Å². The van der Waals surface area contributed by atoms with Crippen molar-refractivity contribution in [3.63, 3.8) is 0 Å². The molecule has 0 bridgehead atoms. The predicted octanol–water partition coefficient (Wildman–Crippen LogP) is 3.62. The Hall–Kier alpha value is -2.46. The Labute approximate surface area is 142 Å². The molecule has 1 aliphatic rings. The van der Waals surface area contributed by atoms with Gasteiger partial charge in [0.2, 0.25) is 0 Å². The number of aliphatic hydroxyl groups excluding tert-OH is 1. The number of benzene rings is 2. The summed E-state index contributed by atoms with van der Waals surface area (Å²) >= 11 is 0. The van der Waals surface area contributed by atoms with E-state index in [9.17, 15) is 15.3 Å². The summed E-state index contributed by atoms with van der Waals surface area (Å²) in [6.07, 6.45) is 1.24. The Bertz CT molecular complexity index is 714. The van der Waals surface area contributed by atoms with Crippen molar-refractivity contribution in [2.24, 2.45) is 0 Å². The summed E-state index contributed by atoms with van der Waals surface area (Å²) in [5.41, 5.74) is 1.62. The molecule has 0 spiro atoms. The molecular weight excluding hydrogens is 302 g/mol. The van der Waals surface area contributed by atoms with Gasteiger partial charge in [0.1, 0.15) is 11.5 Å². The highest BCUT2D eigenvalue weighted by Crippen LogP contribution is 2.34. The minimum absolute atomic E-state index is 0.176. The highest BCUT2D eigenvalue weighted by molar-refractivity contribution is 5.61. The van der Waals surface area contributed by atoms with Gasteiger partial charge in [-0.05, 0) is 49.6 Å². The number of nitrogens with zero attached hydrogens (tertiary/aromatic N) is 1. The summed E-state index contributed by atoms with van der Waals surface area (Å²) in [5, 5.41) is 30.7. The van der Waals surface area contributed by atoms with Crippen LogP contribution in [0.3, 0.4) is 0 Å². The van der Waals surface area contributed by atoms with Crippen molar-refractivity contribution in [3.8, 4) is 5.75 Å². The molecule has 3 rings (SSSR count). The van der Waals surface area contributed by atoms with E-state index < -0.39 is 5.60 Å². The van der Waals surface area contributed by atoms with Crippen LogP contribution >= 0.6 is 0 Å². The van der Waals surface area contributed by atoms with E-state index in [-0.39, 0.29) is 11.5 Å². The van der Waals surface area contributed by atoms with Crippen molar-refractivity contribution < 1.29 is 15.3 Å². The van der Waals surface area contributed by atoms with Crippen LogP contribution in [-0.4, -0.2) is 33.3 Å². The largest absolute Gasteiger partial charge is 0.508 e. The summed E-state index contributed by atoms with van der Waals surface area (Å²) in [7, 11) is 0. The number of likely N-dealkylation sites (tertiary alicyclic amines) is 1. The number of allylic oxidation sites excluding steroid dienone is 1. The smallest absolute Gasteiger partial charge is 0.141 e. The van der Waals surface area contributed by atoms with Crippen LogP contribution in [0, 0.1) is 0 Å². The van der Waals surface area contributed by atoms with Crippen LogP contribution < -0.4 is 0 Å². The molecule has 3 N–H and O–H groups in total. The first-order valence-electron chi connectivity index (χ1n) is 8.22. The molecule has 0 amide bonds. The summed E-state index contributed by atoms with van der Waals surface area (Å²) < 4.78 is 0. The highest BCUT2D eigenvalue weighted by Gasteiger charge is 2.34. The molecule has 4 nitrogen and oxygen atoms in total. The van der Waals surface area contributed by atoms with E-state index in [1.165, 1.54) is 0 Å². The lowest BCUT2D eigenvalue weighted by Gasteiger charge is -2.40. The van der Waals surface area contributed by atoms with Crippen molar-refractivity contribution in [1.29, 1.82) is 0 Å². The molecule has 2 aromatic carbocycles. The number of piperidine rings is 1. The fourth-order valence-electron chi connectivity index (χ4n) is 3.23. The van der Waals surface area contributed by atoms with Gasteiger partial charge in [-0.1, -0.05) is 30.3 Å². The summed E-state index contributed by atoms with van der Waals surface area (Å²) in [6.45, 7) is 3.24. The lowest BCUT2D eigenvalue weighted by Crippen LogP contribution is -2.41. The second-order valence-electron chi connectivity index (χ2n) is 6.37. The van der Waals surface area contributed by atoms with E-state index in [2.05, 4.69) is 4.90 Å². The van der Waals surface area contributed by atoms with Crippen molar-refractivity contribution in [3.05, 3.63) is 71.4 Å². The lowest BCUT2D eigenvalue weighted by molar-refractivity contribution is -0.0187. The molecule has 1 saturated heterocycles. The third-order valence-corrected chi connectivity index (χ3v) is 4.86. The number of rotatable bonds is 3. The van der Waals surface area contributed by atoms with Crippen LogP contribution in [0.4, 0.5) is 0 Å². The first kappa shape index (κ1) is 16.4. The van der Waals surface area contributed by atoms with E-state index in [0.29, 0.717) is 31.5 Å². The number of aliphatic hydroxyl groups is 2. The minimum Gasteiger partial charge on any atom is -0.508 e. The maximum atomic E-state index is 10.9. The number of hydrogen-bond donors (Lipinski definition) is 3. The molecule has 2 aromatic rings. The summed E-state index contributed by atoms with van der Waals surface area (Å²) in [6, 6.07) is 16.3. The number of phenolic OH excluding ortho intramolecular Hbond substituents is 1. The van der Waals surface area contributed by atoms with Crippen LogP contribution in [0.15, 0.2) is 60.3 Å². The Balaban J connectivity index is 1.74. The van der Waals surface area contributed by atoms with Crippen molar-refractivity contribution in [1.82, 2.24) is 4.90 Å². The summed E-state index contributed by atoms with van der Waals surface area (Å²) in [5.74, 6) is 0.384. The van der Waals surface area contributed by atoms with Crippen molar-refractivity contribution in [2.45, 2.75) is 25.4 Å². The third-order valence-electron chi connectivity index (χ3n) is 4.86. The van der Waals surface area contributed by atoms with Gasteiger partial charge >= 0.3 is 0 Å². The topological polar surface area (TPSA) is 63.9 Å². The molecule has 0 atom stereocenters. The van der Waals surface area contributed by atoms with Gasteiger partial charge in [-0.2, -0.15) is 0 Å². The van der Waals surface area contributed by atoms with Gasteiger partial charge in [0.25, 0.3) is 0 Å². The Kier molecular flexibility index (Phi) is 4.49. The summed E-state index contributed by atoms with van der Waals surface area (Å²) in [4.78, 5) is 2.10. The van der Waals surface area contributed by atoms with Gasteiger partial charge < -0.3 is 20.2 Å². The number of hydrogen-bond acceptors (Lipinski definition) is 4. The van der Waals surface area contributed by atoms with Crippen LogP contribution in [0.25, 0.3) is 5.76 Å². The van der Waals surface area contributed by atoms with Crippen LogP contribution in [-0.2, 0) is 5.60 Å². The number of phenols is 1. The zero-order valence-corrected chi connectivity index (χ0v) is 13.8. The van der Waals surface area contributed by atoms with E-state index in [1.54, 1.807) is 24.3 Å². The average molecular weight is 325 g/mol. The molecule has 0 unspecified atom stereocenters. The SMILES string of the molecule is C/C(=C(\O)c1ccc(O)cc1)N1CCC(O)(c2ccccc2)CC1. The van der Waals surface area contributed by atoms with Gasteiger partial charge in [0.15, 0.2) is 0 Å². The molecule has 1 aliphatic heterocycles. The molecule has 24 heavy (non-hydrogen) atoms. The van der Waals surface area contributed by atoms with Gasteiger partial charge in [-0.3, -0.25) is 0 Å². The maximum Gasteiger partial charge on any atom is 0.141 e. The Morgan fingerprint density at radius 2 is 1.54 bits per heavy atom. The molecule has 4 heteroatoms. The zero-order chi connectivity index (χ0) is 17.2. The fraction of sp³-hybridized carbons (Fsp3) is 0.300. The fourth-order valence-corrected chi connectivity index (χ4v) is 3.23. The first-order valence-corrected chi connectivity index (χ1v) is 8.22. The molecular formula is C20H23NO3. The predicted molar refractivity (Wildman–Crippen MR) is 94.5 cm³/mol. The molecule has 0 aromatic heterocycles. The van der Waals surface area contributed by atoms with Gasteiger partial charge in [0.05, 0.1) is 11.3 Å². The Morgan fingerprint density at radius 3 is 2.12 bits per heavy atom. The second kappa shape index (κ2) is 6.57. The Morgan fingerprint density at radius 1 is 0.958 bits per heavy atom. The van der Waals surface area contributed by atoms with Crippen LogP contribution in [0.2, 0.25) is 0 Å². The number of aromatic hydroxyl groups is 1. The van der Waals surface area contributed by atoms with Gasteiger partial charge in [-0.15, -0.1) is 0 Å². The standard InChI is InChI=1S/C20H23NO3/c1-15(19(23)16-7-9-18(22)10-8-16)21-13-11-20(24,12-14-21)17-5-3-2-4-6-17/h2-10,22-24H,11-14H2,1H3/b19-15+. The normalized spacial score (nSPS) is 18.2. The molecule has 1 heterocycles. The van der Waals surface area contributed by atoms with Crippen LogP contribution in [0.1, 0.15) is 30.9 Å². The second-order valence-corrected chi connectivity index (χ2v) is 6.37. The average Bonchev–Trinajstić information content (AvgIpc) is 2.62. The molecule has 1 fully saturated rings. The molecule has 126 valence electrons. The van der Waals surface area contributed by atoms with E-state index >= 15 is 0 Å². The molecule has 0 aliphatic carbocycles. The minimum atomic E-state index is -0.799. The lowest BCUT2D eigenvalue weighted by atomic mass is 9.84. The van der Waals surface area contributed by atoms with Crippen molar-refractivity contribution >= 4 is 5.76 Å². The van der Waals surface area contributed by atoms with E-state index in [0.717, 1.165) is 11.3 Å². The van der Waals surface area contributed by atoms with Gasteiger partial charge in [-0.25, -0.2) is 0 Å². The monoisotopic (exact) mass is 325 g/mol. The maximum absolute atomic E-state index is 10.9. The van der Waals surface area contributed by atoms with E-state index in [4.69, 9.17) is 0 Å². The molecule has 0 radical (unpaired) electrons. The first-order chi connectivity index (χ1) is 11.5. The third kappa shape index (κ3) is 3.24. The zero-order valence-electron chi connectivity index (χ0n) is 13.8. The highest BCUT2D eigenvalue weighted by atomic mass is 16.3. The molecule has 0 saturated carbocycles. The van der Waals surface area contributed by atoms with Crippen LogP contribution in [0.5, 0.6) is 5.75 Å².